The van der Waals surface area contributed by atoms with Crippen LogP contribution >= 0.6 is 34.8 Å². The average Bonchev–Trinajstić information content (AvgIpc) is 2.64. The SMILES string of the molecule is O=C(N[C@H](OC[C@@H]1CCC[NH+]2CCCC[C@@H]12)C(Cl)(Cl)Cl)c1ccccc1. The number of ether oxygens (including phenoxy) is 1. The number of hydrogen-bond donors (Lipinski definition) is 2. The molecular weight excluding hydrogens is 395 g/mol. The summed E-state index contributed by atoms with van der Waals surface area (Å²) >= 11 is 18.2. The molecule has 4 nitrogen and oxygen atoms in total. The molecule has 3 rings (SSSR count). The topological polar surface area (TPSA) is 42.8 Å². The third-order valence-corrected chi connectivity index (χ3v) is 6.10. The number of carbonyl (C=O) groups excluding carboxylic acids is 1. The van der Waals surface area contributed by atoms with Crippen LogP contribution in [0.2, 0.25) is 0 Å². The number of alkyl halides is 3. The predicted molar refractivity (Wildman–Crippen MR) is 105 cm³/mol. The van der Waals surface area contributed by atoms with Gasteiger partial charge in [0, 0.05) is 11.5 Å². The molecule has 144 valence electrons. The number of amides is 1. The van der Waals surface area contributed by atoms with E-state index in [2.05, 4.69) is 5.32 Å². The van der Waals surface area contributed by atoms with Crippen molar-refractivity contribution in [2.45, 2.75) is 48.2 Å². The van der Waals surface area contributed by atoms with E-state index in [0.717, 1.165) is 6.42 Å². The molecule has 1 aromatic carbocycles. The molecule has 2 fully saturated rings. The second-order valence-corrected chi connectivity index (χ2v) is 9.63. The molecule has 2 heterocycles. The summed E-state index contributed by atoms with van der Waals surface area (Å²) in [5, 5.41) is 2.72. The van der Waals surface area contributed by atoms with E-state index in [-0.39, 0.29) is 5.91 Å². The van der Waals surface area contributed by atoms with Crippen LogP contribution in [0, 0.1) is 5.92 Å². The van der Waals surface area contributed by atoms with Gasteiger partial charge >= 0.3 is 0 Å². The Balaban J connectivity index is 1.61. The molecule has 2 aliphatic rings. The third kappa shape index (κ3) is 5.26. The highest BCUT2D eigenvalue weighted by atomic mass is 35.6. The van der Waals surface area contributed by atoms with Crippen molar-refractivity contribution in [2.75, 3.05) is 19.7 Å². The van der Waals surface area contributed by atoms with E-state index in [1.807, 2.05) is 6.07 Å². The van der Waals surface area contributed by atoms with Crippen LogP contribution in [0.1, 0.15) is 42.5 Å². The van der Waals surface area contributed by atoms with Gasteiger partial charge in [-0.2, -0.15) is 0 Å². The van der Waals surface area contributed by atoms with Crippen LogP contribution in [0.4, 0.5) is 0 Å². The number of benzene rings is 1. The molecule has 0 bridgehead atoms. The first-order valence-corrected chi connectivity index (χ1v) is 10.5. The fourth-order valence-corrected chi connectivity index (χ4v) is 4.56. The Morgan fingerprint density at radius 1 is 1.15 bits per heavy atom. The van der Waals surface area contributed by atoms with Gasteiger partial charge in [0.1, 0.15) is 0 Å². The Kier molecular flexibility index (Phi) is 7.09. The van der Waals surface area contributed by atoms with Crippen molar-refractivity contribution in [1.82, 2.24) is 5.32 Å². The molecule has 0 aromatic heterocycles. The normalized spacial score (nSPS) is 27.4. The van der Waals surface area contributed by atoms with Crippen molar-refractivity contribution >= 4 is 40.7 Å². The van der Waals surface area contributed by atoms with Gasteiger partial charge in [-0.15, -0.1) is 0 Å². The molecule has 7 heteroatoms. The van der Waals surface area contributed by atoms with Crippen LogP contribution in [-0.4, -0.2) is 41.7 Å². The molecule has 4 atom stereocenters. The average molecular weight is 421 g/mol. The number of nitrogens with one attached hydrogen (secondary N) is 2. The zero-order valence-electron chi connectivity index (χ0n) is 14.7. The number of quaternary nitrogens is 1. The maximum atomic E-state index is 12.4. The molecule has 2 N–H and O–H groups in total. The van der Waals surface area contributed by atoms with Crippen molar-refractivity contribution in [3.8, 4) is 0 Å². The van der Waals surface area contributed by atoms with Crippen molar-refractivity contribution in [3.63, 3.8) is 0 Å². The number of hydrogen-bond acceptors (Lipinski definition) is 2. The van der Waals surface area contributed by atoms with Gasteiger partial charge in [-0.25, -0.2) is 0 Å². The van der Waals surface area contributed by atoms with Crippen LogP contribution in [0.3, 0.4) is 0 Å². The summed E-state index contributed by atoms with van der Waals surface area (Å²) in [5.74, 6) is 0.137. The zero-order chi connectivity index (χ0) is 18.6. The van der Waals surface area contributed by atoms with E-state index in [1.165, 1.54) is 38.8 Å². The van der Waals surface area contributed by atoms with Crippen molar-refractivity contribution in [1.29, 1.82) is 0 Å². The van der Waals surface area contributed by atoms with Gasteiger partial charge in [0.05, 0.1) is 25.7 Å². The summed E-state index contributed by atoms with van der Waals surface area (Å²) in [6.45, 7) is 3.00. The van der Waals surface area contributed by atoms with Crippen molar-refractivity contribution < 1.29 is 14.4 Å². The molecule has 0 aliphatic carbocycles. The van der Waals surface area contributed by atoms with Crippen LogP contribution in [0.5, 0.6) is 0 Å². The largest absolute Gasteiger partial charge is 0.353 e. The minimum Gasteiger partial charge on any atom is -0.353 e. The minimum absolute atomic E-state index is 0.310. The fourth-order valence-electron chi connectivity index (χ4n) is 4.21. The molecule has 26 heavy (non-hydrogen) atoms. The van der Waals surface area contributed by atoms with Crippen LogP contribution < -0.4 is 10.2 Å². The predicted octanol–water partition coefficient (Wildman–Crippen LogP) is 2.98. The second-order valence-electron chi connectivity index (χ2n) is 7.26. The Morgan fingerprint density at radius 2 is 1.88 bits per heavy atom. The molecule has 1 amide bonds. The first-order chi connectivity index (χ1) is 12.4. The van der Waals surface area contributed by atoms with E-state index in [4.69, 9.17) is 39.5 Å². The number of carbonyl (C=O) groups is 1. The summed E-state index contributed by atoms with van der Waals surface area (Å²) in [7, 11) is 0. The van der Waals surface area contributed by atoms with Gasteiger partial charge in [-0.05, 0) is 44.2 Å². The second kappa shape index (κ2) is 9.11. The van der Waals surface area contributed by atoms with Crippen molar-refractivity contribution in [3.05, 3.63) is 35.9 Å². The van der Waals surface area contributed by atoms with E-state index in [0.29, 0.717) is 24.1 Å². The highest BCUT2D eigenvalue weighted by molar-refractivity contribution is 6.68. The van der Waals surface area contributed by atoms with Crippen molar-refractivity contribution in [2.24, 2.45) is 5.92 Å². The van der Waals surface area contributed by atoms with Crippen LogP contribution in [0.25, 0.3) is 0 Å². The minimum atomic E-state index is -1.72. The first-order valence-electron chi connectivity index (χ1n) is 9.34. The Labute approximate surface area is 170 Å². The van der Waals surface area contributed by atoms with Gasteiger partial charge < -0.3 is 15.0 Å². The van der Waals surface area contributed by atoms with Gasteiger partial charge in [0.25, 0.3) is 5.91 Å². The lowest BCUT2D eigenvalue weighted by Gasteiger charge is -2.41. The highest BCUT2D eigenvalue weighted by Gasteiger charge is 2.40. The van der Waals surface area contributed by atoms with Gasteiger partial charge in [-0.1, -0.05) is 53.0 Å². The lowest BCUT2D eigenvalue weighted by molar-refractivity contribution is -0.940. The van der Waals surface area contributed by atoms with Crippen LogP contribution in [-0.2, 0) is 4.74 Å². The highest BCUT2D eigenvalue weighted by Crippen LogP contribution is 2.32. The standard InChI is InChI=1S/C19H25Cl3N2O2/c20-19(21,22)18(23-17(25)14-7-2-1-3-8-14)26-13-15-9-6-12-24-11-5-4-10-16(15)24/h1-3,7-8,15-16,18H,4-6,9-13H2,(H,23,25)/p+1/t15-,16-,18+/m0/s1. The monoisotopic (exact) mass is 419 g/mol. The summed E-state index contributed by atoms with van der Waals surface area (Å²) < 4.78 is 4.22. The zero-order valence-corrected chi connectivity index (χ0v) is 17.0. The molecule has 0 radical (unpaired) electrons. The molecule has 1 unspecified atom stereocenters. The summed E-state index contributed by atoms with van der Waals surface area (Å²) in [4.78, 5) is 14.1. The summed E-state index contributed by atoms with van der Waals surface area (Å²) in [6.07, 6.45) is 5.18. The molecule has 2 aliphatic heterocycles. The summed E-state index contributed by atoms with van der Waals surface area (Å²) in [5.41, 5.74) is 0.510. The maximum Gasteiger partial charge on any atom is 0.253 e. The van der Waals surface area contributed by atoms with E-state index in [9.17, 15) is 4.79 Å². The Bertz CT molecular complexity index is 592. The molecule has 2 saturated heterocycles. The summed E-state index contributed by atoms with van der Waals surface area (Å²) in [6, 6.07) is 9.50. The smallest absolute Gasteiger partial charge is 0.253 e. The molecular formula is C19H26Cl3N2O2+. The molecule has 1 aromatic rings. The Morgan fingerprint density at radius 3 is 2.62 bits per heavy atom. The van der Waals surface area contributed by atoms with Gasteiger partial charge in [0.15, 0.2) is 6.23 Å². The van der Waals surface area contributed by atoms with Gasteiger partial charge in [0.2, 0.25) is 3.79 Å². The number of rotatable bonds is 5. The molecule has 0 spiro atoms. The number of halogens is 3. The lowest BCUT2D eigenvalue weighted by atomic mass is 9.84. The third-order valence-electron chi connectivity index (χ3n) is 5.50. The van der Waals surface area contributed by atoms with E-state index < -0.39 is 10.0 Å². The molecule has 0 saturated carbocycles. The first kappa shape index (κ1) is 20.2. The van der Waals surface area contributed by atoms with E-state index >= 15 is 0 Å². The quantitative estimate of drug-likeness (QED) is 0.568. The number of piperidine rings is 2. The van der Waals surface area contributed by atoms with E-state index in [1.54, 1.807) is 29.2 Å². The lowest BCUT2D eigenvalue weighted by Crippen LogP contribution is -3.18. The maximum absolute atomic E-state index is 12.4. The number of fused-ring (bicyclic) bond motifs is 1. The fraction of sp³-hybridized carbons (Fsp3) is 0.632. The van der Waals surface area contributed by atoms with Gasteiger partial charge in [-0.3, -0.25) is 4.79 Å². The Hall–Kier alpha value is -0.520. The van der Waals surface area contributed by atoms with Crippen LogP contribution in [0.15, 0.2) is 30.3 Å².